The molecule has 0 aliphatic rings. The van der Waals surface area contributed by atoms with Crippen molar-refractivity contribution in [3.8, 4) is 0 Å². The first-order valence-corrected chi connectivity index (χ1v) is 13.1. The number of rotatable bonds is 17. The molecular formula is C28H55NO7. The van der Waals surface area contributed by atoms with Crippen molar-refractivity contribution >= 4 is 23.3 Å². The van der Waals surface area contributed by atoms with E-state index in [9.17, 15) is 19.2 Å². The molecule has 1 amide bonds. The summed E-state index contributed by atoms with van der Waals surface area (Å²) in [5.41, 5.74) is -1.36. The fourth-order valence-electron chi connectivity index (χ4n) is 3.79. The van der Waals surface area contributed by atoms with Gasteiger partial charge in [0.25, 0.3) is 0 Å². The highest BCUT2D eigenvalue weighted by Gasteiger charge is 2.40. The van der Waals surface area contributed by atoms with E-state index in [4.69, 9.17) is 14.6 Å². The van der Waals surface area contributed by atoms with Gasteiger partial charge in [0.1, 0.15) is 17.3 Å². The first-order valence-electron chi connectivity index (χ1n) is 13.1. The first kappa shape index (κ1) is 38.9. The molecule has 1 N–H and O–H groups in total. The molecule has 1 atom stereocenters. The van der Waals surface area contributed by atoms with Gasteiger partial charge in [-0.3, -0.25) is 19.2 Å². The molecular weight excluding hydrogens is 462 g/mol. The number of Topliss-reactive ketones (excluding diaryl/α,β-unsaturated/α-hetero) is 3. The van der Waals surface area contributed by atoms with E-state index in [2.05, 4.69) is 0 Å². The van der Waals surface area contributed by atoms with E-state index < -0.39 is 10.8 Å². The number of ether oxygens (including phenoxy) is 2. The molecule has 0 bridgehead atoms. The number of hydrogen-bond acceptors (Lipinski definition) is 7. The molecule has 0 radical (unpaired) electrons. The van der Waals surface area contributed by atoms with Crippen LogP contribution in [0.2, 0.25) is 0 Å². The maximum atomic E-state index is 13.4. The average Bonchev–Trinajstić information content (AvgIpc) is 2.82. The minimum atomic E-state index is -0.756. The van der Waals surface area contributed by atoms with E-state index in [1.807, 2.05) is 62.3 Å². The van der Waals surface area contributed by atoms with E-state index >= 15 is 0 Å². The van der Waals surface area contributed by atoms with Crippen molar-refractivity contribution in [3.63, 3.8) is 0 Å². The van der Waals surface area contributed by atoms with Crippen LogP contribution in [-0.2, 0) is 28.7 Å². The Kier molecular flexibility index (Phi) is 22.1. The molecule has 36 heavy (non-hydrogen) atoms. The minimum absolute atomic E-state index is 0.0384. The van der Waals surface area contributed by atoms with E-state index in [-0.39, 0.29) is 61.6 Å². The topological polar surface area (TPSA) is 110 Å². The molecule has 8 nitrogen and oxygen atoms in total. The number of carbonyl (C=O) groups is 4. The smallest absolute Gasteiger partial charge is 0.228 e. The van der Waals surface area contributed by atoms with Gasteiger partial charge in [-0.15, -0.1) is 0 Å². The highest BCUT2D eigenvalue weighted by Crippen LogP contribution is 2.36. The lowest BCUT2D eigenvalue weighted by molar-refractivity contribution is -0.147. The number of nitrogens with zero attached hydrogens (tertiary/aromatic N) is 1. The summed E-state index contributed by atoms with van der Waals surface area (Å²) in [4.78, 5) is 50.3. The van der Waals surface area contributed by atoms with Crippen LogP contribution in [0, 0.1) is 16.7 Å². The van der Waals surface area contributed by atoms with Crippen LogP contribution >= 0.6 is 0 Å². The van der Waals surface area contributed by atoms with E-state index in [1.54, 1.807) is 11.9 Å². The number of carbonyl (C=O) groups excluding carboxylic acids is 4. The number of amides is 1. The van der Waals surface area contributed by atoms with Crippen molar-refractivity contribution in [2.75, 3.05) is 40.6 Å². The zero-order chi connectivity index (χ0) is 29.1. The van der Waals surface area contributed by atoms with Crippen molar-refractivity contribution < 1.29 is 33.8 Å². The maximum absolute atomic E-state index is 13.4. The van der Waals surface area contributed by atoms with Gasteiger partial charge < -0.3 is 19.5 Å². The van der Waals surface area contributed by atoms with Crippen LogP contribution in [-0.4, -0.2) is 79.9 Å². The Balaban J connectivity index is -0.00000258. The molecule has 0 saturated carbocycles. The summed E-state index contributed by atoms with van der Waals surface area (Å²) in [5, 5.41) is 7.00. The molecule has 0 aliphatic carbocycles. The average molecular weight is 518 g/mol. The molecule has 1 unspecified atom stereocenters. The Hall–Kier alpha value is -1.64. The lowest BCUT2D eigenvalue weighted by Crippen LogP contribution is -2.49. The van der Waals surface area contributed by atoms with Crippen LogP contribution < -0.4 is 0 Å². The van der Waals surface area contributed by atoms with Crippen LogP contribution in [0.5, 0.6) is 0 Å². The van der Waals surface area contributed by atoms with Gasteiger partial charge >= 0.3 is 0 Å². The second-order valence-corrected chi connectivity index (χ2v) is 10.3. The standard InChI is InChI=1S/C25H45NO6.C2H6.CH4O/c1-10-22(29)24(5,6)17-25(7,8)23(30)26(9)20(15-31-13-11-19(4)27)16-32-14-12-21(28)18(2)3;2*1-2/h18,20H,10-17H2,1-9H3;1-2H3;2H,1H3. The third kappa shape index (κ3) is 16.2. The summed E-state index contributed by atoms with van der Waals surface area (Å²) in [6, 6.07) is -0.368. The van der Waals surface area contributed by atoms with Crippen LogP contribution in [0.1, 0.15) is 94.9 Å². The number of likely N-dealkylation sites (N-methyl/N-ethyl adjacent to an activating group) is 1. The summed E-state index contributed by atoms with van der Waals surface area (Å²) in [6.07, 6.45) is 1.50. The molecule has 0 fully saturated rings. The van der Waals surface area contributed by atoms with Gasteiger partial charge in [-0.05, 0) is 13.3 Å². The third-order valence-corrected chi connectivity index (χ3v) is 5.76. The van der Waals surface area contributed by atoms with Crippen LogP contribution in [0.4, 0.5) is 0 Å². The summed E-state index contributed by atoms with van der Waals surface area (Å²) in [7, 11) is 2.71. The lowest BCUT2D eigenvalue weighted by atomic mass is 9.71. The lowest BCUT2D eigenvalue weighted by Gasteiger charge is -2.38. The summed E-state index contributed by atoms with van der Waals surface area (Å²) >= 11 is 0. The van der Waals surface area contributed by atoms with Crippen LogP contribution in [0.25, 0.3) is 0 Å². The minimum Gasteiger partial charge on any atom is -0.400 e. The quantitative estimate of drug-likeness (QED) is 0.283. The summed E-state index contributed by atoms with van der Waals surface area (Å²) in [6.45, 7) is 19.5. The highest BCUT2D eigenvalue weighted by atomic mass is 16.5. The predicted molar refractivity (Wildman–Crippen MR) is 145 cm³/mol. The Morgan fingerprint density at radius 3 is 1.69 bits per heavy atom. The van der Waals surface area contributed by atoms with Gasteiger partial charge in [0.2, 0.25) is 5.91 Å². The number of aliphatic hydroxyl groups excluding tert-OH is 1. The van der Waals surface area contributed by atoms with E-state index in [1.165, 1.54) is 6.92 Å². The van der Waals surface area contributed by atoms with Gasteiger partial charge in [0, 0.05) is 50.2 Å². The molecule has 0 aromatic carbocycles. The van der Waals surface area contributed by atoms with Gasteiger partial charge in [0.15, 0.2) is 0 Å². The van der Waals surface area contributed by atoms with E-state index in [0.717, 1.165) is 7.11 Å². The molecule has 214 valence electrons. The third-order valence-electron chi connectivity index (χ3n) is 5.76. The largest absolute Gasteiger partial charge is 0.400 e. The first-order chi connectivity index (χ1) is 16.7. The monoisotopic (exact) mass is 517 g/mol. The molecule has 0 saturated heterocycles. The second kappa shape index (κ2) is 20.4. The molecule has 0 aliphatic heterocycles. The number of ketones is 3. The Labute approximate surface area is 220 Å². The predicted octanol–water partition coefficient (Wildman–Crippen LogP) is 4.50. The maximum Gasteiger partial charge on any atom is 0.228 e. The van der Waals surface area contributed by atoms with Crippen molar-refractivity contribution in [1.82, 2.24) is 4.90 Å². The van der Waals surface area contributed by atoms with Crippen LogP contribution in [0.15, 0.2) is 0 Å². The van der Waals surface area contributed by atoms with Crippen LogP contribution in [0.3, 0.4) is 0 Å². The molecule has 8 heteroatoms. The molecule has 0 rings (SSSR count). The normalized spacial score (nSPS) is 12.1. The highest BCUT2D eigenvalue weighted by molar-refractivity contribution is 5.86. The Morgan fingerprint density at radius 1 is 0.861 bits per heavy atom. The van der Waals surface area contributed by atoms with Crippen molar-refractivity contribution in [2.24, 2.45) is 16.7 Å². The summed E-state index contributed by atoms with van der Waals surface area (Å²) in [5.74, 6) is 0.161. The number of aliphatic hydroxyl groups is 1. The molecule has 0 heterocycles. The van der Waals surface area contributed by atoms with E-state index in [0.29, 0.717) is 25.7 Å². The Morgan fingerprint density at radius 2 is 1.31 bits per heavy atom. The zero-order valence-corrected chi connectivity index (χ0v) is 25.2. The zero-order valence-electron chi connectivity index (χ0n) is 25.2. The number of hydrogen-bond donors (Lipinski definition) is 1. The molecule has 0 spiro atoms. The van der Waals surface area contributed by atoms with Gasteiger partial charge in [-0.1, -0.05) is 62.3 Å². The van der Waals surface area contributed by atoms with Crippen molar-refractivity contribution in [2.45, 2.75) is 101 Å². The summed E-state index contributed by atoms with van der Waals surface area (Å²) < 4.78 is 11.4. The van der Waals surface area contributed by atoms with Gasteiger partial charge in [0.05, 0.1) is 32.5 Å². The SMILES string of the molecule is CC.CCC(=O)C(C)(C)CC(C)(C)C(=O)N(C)C(COCCC(C)=O)COCCC(=O)C(C)C.CO. The molecule has 0 aromatic rings. The Bertz CT molecular complexity index is 642. The fraction of sp³-hybridized carbons (Fsp3) is 0.857. The van der Waals surface area contributed by atoms with Crippen molar-refractivity contribution in [3.05, 3.63) is 0 Å². The fourth-order valence-corrected chi connectivity index (χ4v) is 3.79. The second-order valence-electron chi connectivity index (χ2n) is 10.3. The van der Waals surface area contributed by atoms with Gasteiger partial charge in [-0.2, -0.15) is 0 Å². The van der Waals surface area contributed by atoms with Crippen molar-refractivity contribution in [1.29, 1.82) is 0 Å². The molecule has 0 aromatic heterocycles. The van der Waals surface area contributed by atoms with Gasteiger partial charge in [-0.25, -0.2) is 0 Å².